The second-order valence-corrected chi connectivity index (χ2v) is 4.40. The molecule has 1 rings (SSSR count). The predicted molar refractivity (Wildman–Crippen MR) is 61.1 cm³/mol. The Morgan fingerprint density at radius 1 is 1.44 bits per heavy atom. The van der Waals surface area contributed by atoms with Gasteiger partial charge in [0.15, 0.2) is 6.61 Å². The molecule has 0 fully saturated rings. The average molecular weight is 371 g/mol. The Bertz CT molecular complexity index is 489. The normalized spacial score (nSPS) is 11.1. The molecule has 0 bridgehead atoms. The minimum atomic E-state index is -4.25. The number of halogens is 3. The fourth-order valence-electron chi connectivity index (χ4n) is 0.938. The molecule has 0 amide bonds. The third-order valence-corrected chi connectivity index (χ3v) is 2.78. The molecule has 98 valence electrons. The smallest absolute Gasteiger partial charge is 0.338 e. The molecule has 1 N–H and O–H groups in total. The summed E-state index contributed by atoms with van der Waals surface area (Å²) >= 11 is 1.80. The number of ether oxygens (including phenoxy) is 1. The van der Waals surface area contributed by atoms with E-state index >= 15 is 0 Å². The molecule has 0 unspecified atom stereocenters. The van der Waals surface area contributed by atoms with E-state index in [4.69, 9.17) is 0 Å². The summed E-state index contributed by atoms with van der Waals surface area (Å²) in [5, 5.41) is 19.3. The number of phenols is 1. The summed E-state index contributed by atoms with van der Waals surface area (Å²) in [5.74, 6) is -8.25. The van der Waals surface area contributed by atoms with Crippen LogP contribution in [0.2, 0.25) is 0 Å². The molecule has 0 saturated heterocycles. The lowest BCUT2D eigenvalue weighted by molar-refractivity contribution is -0.331. The van der Waals surface area contributed by atoms with E-state index in [1.54, 1.807) is 22.6 Å². The Hall–Kier alpha value is -1.45. The number of hydrogen-bond donors (Lipinski definition) is 1. The Morgan fingerprint density at radius 2 is 2.06 bits per heavy atom. The van der Waals surface area contributed by atoms with E-state index in [0.29, 0.717) is 3.57 Å². The van der Waals surface area contributed by atoms with Crippen LogP contribution in [0.3, 0.4) is 0 Å². The molecule has 5 nitrogen and oxygen atoms in total. The van der Waals surface area contributed by atoms with Crippen LogP contribution in [-0.4, -0.2) is 29.6 Å². The number of rotatable bonds is 4. The molecule has 18 heavy (non-hydrogen) atoms. The number of aromatic hydroxyl groups is 1. The molecule has 1 aromatic carbocycles. The maximum absolute atomic E-state index is 12.6. The van der Waals surface area contributed by atoms with Crippen LogP contribution < -0.4 is 5.11 Å². The second kappa shape index (κ2) is 5.46. The SMILES string of the molecule is O=C(OCC(F)(F)C(=O)[O-])c1ccc(I)c(O)c1. The Labute approximate surface area is 114 Å². The van der Waals surface area contributed by atoms with Gasteiger partial charge in [-0.2, -0.15) is 8.78 Å². The average Bonchev–Trinajstić information content (AvgIpc) is 2.29. The van der Waals surface area contributed by atoms with Gasteiger partial charge in [0.1, 0.15) is 11.7 Å². The van der Waals surface area contributed by atoms with Crippen LogP contribution in [0.4, 0.5) is 8.78 Å². The van der Waals surface area contributed by atoms with Crippen LogP contribution in [0.1, 0.15) is 10.4 Å². The molecule has 0 aliphatic carbocycles. The Kier molecular flexibility index (Phi) is 4.43. The minimum absolute atomic E-state index is 0.165. The number of carboxylic acid groups (broad SMARTS) is 1. The van der Waals surface area contributed by atoms with Crippen molar-refractivity contribution in [3.05, 3.63) is 27.3 Å². The summed E-state index contributed by atoms with van der Waals surface area (Å²) in [5.41, 5.74) is -0.165. The molecule has 0 heterocycles. The molecule has 0 aliphatic heterocycles. The Morgan fingerprint density at radius 3 is 2.56 bits per heavy atom. The number of carboxylic acids is 1. The molecule has 0 spiro atoms. The predicted octanol–water partition coefficient (Wildman–Crippen LogP) is 0.539. The number of carbonyl (C=O) groups excluding carboxylic acids is 2. The number of alkyl halides is 2. The van der Waals surface area contributed by atoms with E-state index < -0.39 is 24.5 Å². The van der Waals surface area contributed by atoms with E-state index in [1.165, 1.54) is 12.1 Å². The van der Waals surface area contributed by atoms with Crippen molar-refractivity contribution in [1.82, 2.24) is 0 Å². The van der Waals surface area contributed by atoms with E-state index in [2.05, 4.69) is 4.74 Å². The zero-order valence-corrected chi connectivity index (χ0v) is 10.8. The molecular formula is C10H6F2IO5-. The van der Waals surface area contributed by atoms with E-state index in [-0.39, 0.29) is 11.3 Å². The van der Waals surface area contributed by atoms with Crippen LogP contribution in [-0.2, 0) is 9.53 Å². The van der Waals surface area contributed by atoms with E-state index in [1.807, 2.05) is 0 Å². The standard InChI is InChI=1S/C10H7F2IO5/c11-10(12,9(16)17)4-18-8(15)5-1-2-6(13)7(14)3-5/h1-3,14H,4H2,(H,16,17)/p-1. The van der Waals surface area contributed by atoms with Crippen molar-refractivity contribution in [2.45, 2.75) is 5.92 Å². The van der Waals surface area contributed by atoms with Crippen LogP contribution in [0.15, 0.2) is 18.2 Å². The number of esters is 1. The summed E-state index contributed by atoms with van der Waals surface area (Å²) in [6.07, 6.45) is 0. The minimum Gasteiger partial charge on any atom is -0.544 e. The second-order valence-electron chi connectivity index (χ2n) is 3.23. The van der Waals surface area contributed by atoms with Crippen molar-refractivity contribution in [3.8, 4) is 5.75 Å². The number of benzene rings is 1. The highest BCUT2D eigenvalue weighted by Gasteiger charge is 2.33. The lowest BCUT2D eigenvalue weighted by atomic mass is 10.2. The third kappa shape index (κ3) is 3.52. The van der Waals surface area contributed by atoms with Crippen molar-refractivity contribution in [2.75, 3.05) is 6.61 Å². The van der Waals surface area contributed by atoms with Crippen molar-refractivity contribution in [2.24, 2.45) is 0 Å². The number of aliphatic carboxylic acids is 1. The fraction of sp³-hybridized carbons (Fsp3) is 0.200. The maximum atomic E-state index is 12.6. The highest BCUT2D eigenvalue weighted by atomic mass is 127. The topological polar surface area (TPSA) is 86.7 Å². The molecule has 8 heteroatoms. The molecule has 0 radical (unpaired) electrons. The van der Waals surface area contributed by atoms with Crippen molar-refractivity contribution in [1.29, 1.82) is 0 Å². The third-order valence-electron chi connectivity index (χ3n) is 1.87. The van der Waals surface area contributed by atoms with Gasteiger partial charge in [-0.15, -0.1) is 0 Å². The lowest BCUT2D eigenvalue weighted by Crippen LogP contribution is -2.45. The fourth-order valence-corrected chi connectivity index (χ4v) is 1.27. The molecule has 0 atom stereocenters. The Balaban J connectivity index is 2.72. The summed E-state index contributed by atoms with van der Waals surface area (Å²) in [7, 11) is 0. The van der Waals surface area contributed by atoms with Gasteiger partial charge in [-0.3, -0.25) is 0 Å². The first-order valence-corrected chi connectivity index (χ1v) is 5.57. The molecule has 1 aromatic rings. The van der Waals surface area contributed by atoms with Gasteiger partial charge in [-0.05, 0) is 40.8 Å². The van der Waals surface area contributed by atoms with Gasteiger partial charge in [0, 0.05) is 0 Å². The summed E-state index contributed by atoms with van der Waals surface area (Å²) in [4.78, 5) is 21.3. The highest BCUT2D eigenvalue weighted by Crippen LogP contribution is 2.21. The van der Waals surface area contributed by atoms with Crippen LogP contribution in [0.5, 0.6) is 5.75 Å². The maximum Gasteiger partial charge on any atom is 0.338 e. The summed E-state index contributed by atoms with van der Waals surface area (Å²) < 4.78 is 29.7. The zero-order valence-electron chi connectivity index (χ0n) is 8.65. The monoisotopic (exact) mass is 371 g/mol. The van der Waals surface area contributed by atoms with Gasteiger partial charge in [0.05, 0.1) is 9.13 Å². The van der Waals surface area contributed by atoms with Crippen LogP contribution in [0.25, 0.3) is 0 Å². The van der Waals surface area contributed by atoms with Crippen molar-refractivity contribution < 1.29 is 33.3 Å². The first kappa shape index (κ1) is 14.6. The van der Waals surface area contributed by atoms with Gasteiger partial charge < -0.3 is 19.7 Å². The number of hydrogen-bond acceptors (Lipinski definition) is 5. The lowest BCUT2D eigenvalue weighted by Gasteiger charge is -2.16. The van der Waals surface area contributed by atoms with Gasteiger partial charge in [0.25, 0.3) is 0 Å². The first-order valence-electron chi connectivity index (χ1n) is 4.49. The van der Waals surface area contributed by atoms with Gasteiger partial charge >= 0.3 is 11.9 Å². The van der Waals surface area contributed by atoms with Gasteiger partial charge in [0.2, 0.25) is 0 Å². The van der Waals surface area contributed by atoms with Crippen molar-refractivity contribution >= 4 is 34.5 Å². The van der Waals surface area contributed by atoms with Crippen LogP contribution in [0, 0.1) is 3.57 Å². The largest absolute Gasteiger partial charge is 0.544 e. The van der Waals surface area contributed by atoms with Gasteiger partial charge in [-0.25, -0.2) is 4.79 Å². The first-order chi connectivity index (χ1) is 8.24. The summed E-state index contributed by atoms with van der Waals surface area (Å²) in [6.45, 7) is -1.62. The van der Waals surface area contributed by atoms with Crippen molar-refractivity contribution in [3.63, 3.8) is 0 Å². The highest BCUT2D eigenvalue weighted by molar-refractivity contribution is 14.1. The summed E-state index contributed by atoms with van der Waals surface area (Å²) in [6, 6.07) is 3.66. The van der Waals surface area contributed by atoms with E-state index in [0.717, 1.165) is 6.07 Å². The van der Waals surface area contributed by atoms with Gasteiger partial charge in [-0.1, -0.05) is 0 Å². The molecule has 0 aromatic heterocycles. The van der Waals surface area contributed by atoms with E-state index in [9.17, 15) is 28.6 Å². The number of phenolic OH excluding ortho intramolecular Hbond substituents is 1. The molecule has 0 aliphatic rings. The quantitative estimate of drug-likeness (QED) is 0.617. The van der Waals surface area contributed by atoms with Crippen LogP contribution >= 0.6 is 22.6 Å². The zero-order chi connectivity index (χ0) is 13.9. The number of carbonyl (C=O) groups is 2. The molecule has 0 saturated carbocycles. The molecular weight excluding hydrogens is 365 g/mol.